The lowest BCUT2D eigenvalue weighted by molar-refractivity contribution is -0.143. The number of unbranched alkanes of at least 4 members (excludes halogenated alkanes) is 34. The van der Waals surface area contributed by atoms with Crippen molar-refractivity contribution in [2.45, 2.75) is 238 Å². The van der Waals surface area contributed by atoms with Gasteiger partial charge in [-0.15, -0.1) is 0 Å². The molecule has 4 heteroatoms. The molecule has 0 saturated carbocycles. The molecule has 0 aliphatic heterocycles. The van der Waals surface area contributed by atoms with E-state index in [-0.39, 0.29) is 5.91 Å². The molecule has 1 amide bonds. The summed E-state index contributed by atoms with van der Waals surface area (Å²) in [4.78, 5) is 11.2. The summed E-state index contributed by atoms with van der Waals surface area (Å²) in [6.07, 6.45) is 49.9. The van der Waals surface area contributed by atoms with Crippen LogP contribution >= 0.6 is 16.1 Å². The summed E-state index contributed by atoms with van der Waals surface area (Å²) in [5, 5.41) is 8.95. The Bertz CT molecular complexity index is 513. The minimum atomic E-state index is -0.249. The minimum Gasteiger partial charge on any atom is -0.275 e. The third-order valence-corrected chi connectivity index (χ3v) is 9.60. The number of hydrogen-bond donors (Lipinski definition) is 1. The summed E-state index contributed by atoms with van der Waals surface area (Å²) in [6.45, 7) is 2.30. The second-order valence-electron chi connectivity index (χ2n) is 13.4. The molecule has 0 aromatic rings. The number of halogens is 1. The maximum Gasteiger partial charge on any atom is 0.256 e. The van der Waals surface area contributed by atoms with Crippen LogP contribution in [0.1, 0.15) is 238 Å². The fourth-order valence-electron chi connectivity index (χ4n) is 6.28. The van der Waals surface area contributed by atoms with Crippen molar-refractivity contribution in [3.05, 3.63) is 0 Å². The molecule has 0 atom stereocenters. The number of hydroxylamine groups is 1. The van der Waals surface area contributed by atoms with Crippen LogP contribution in [0.25, 0.3) is 0 Å². The highest BCUT2D eigenvalue weighted by Crippen LogP contribution is 2.17. The van der Waals surface area contributed by atoms with Crippen LogP contribution in [0.3, 0.4) is 0 Å². The summed E-state index contributed by atoms with van der Waals surface area (Å²) in [5.74, 6) is -0.249. The minimum absolute atomic E-state index is 0.249. The van der Waals surface area contributed by atoms with Gasteiger partial charge in [0.25, 0.3) is 5.91 Å². The van der Waals surface area contributed by atoms with Gasteiger partial charge in [0.15, 0.2) is 0 Å². The van der Waals surface area contributed by atoms with Crippen LogP contribution in [-0.2, 0) is 4.79 Å². The number of amides is 1. The van der Waals surface area contributed by atoms with E-state index < -0.39 is 0 Å². The quantitative estimate of drug-likeness (QED) is 0.0315. The smallest absolute Gasteiger partial charge is 0.256 e. The second kappa shape index (κ2) is 37.1. The van der Waals surface area contributed by atoms with E-state index in [1.807, 2.05) is 0 Å². The molecule has 0 aliphatic carbocycles. The number of carbonyl (C=O) groups is 1. The van der Waals surface area contributed by atoms with E-state index >= 15 is 0 Å². The SMILES string of the molecule is CCCCCCCCCCCCCCCCCCCCCCCCCCCCCCCCCCCCCC(=O)N(O)Br. The van der Waals surface area contributed by atoms with E-state index in [9.17, 15) is 4.79 Å². The van der Waals surface area contributed by atoms with E-state index in [1.165, 1.54) is 212 Å². The predicted molar refractivity (Wildman–Crippen MR) is 189 cm³/mol. The third-order valence-electron chi connectivity index (χ3n) is 9.20. The van der Waals surface area contributed by atoms with Gasteiger partial charge < -0.3 is 0 Å². The first kappa shape index (κ1) is 41.9. The molecule has 0 radical (unpaired) electrons. The molecule has 0 aliphatic rings. The first-order chi connectivity index (χ1) is 20.7. The predicted octanol–water partition coefficient (Wildman–Crippen LogP) is 14.6. The number of rotatable bonds is 36. The van der Waals surface area contributed by atoms with E-state index in [1.54, 1.807) is 0 Å². The van der Waals surface area contributed by atoms with E-state index in [0.717, 1.165) is 12.8 Å². The third kappa shape index (κ3) is 36.1. The first-order valence-corrected chi connectivity index (χ1v) is 20.1. The summed E-state index contributed by atoms with van der Waals surface area (Å²) in [5.41, 5.74) is 0. The van der Waals surface area contributed by atoms with Crippen molar-refractivity contribution in [3.63, 3.8) is 0 Å². The van der Waals surface area contributed by atoms with Crippen molar-refractivity contribution in [3.8, 4) is 0 Å². The fraction of sp³-hybridized carbons (Fsp3) is 0.974. The van der Waals surface area contributed by atoms with E-state index in [4.69, 9.17) is 5.21 Å². The van der Waals surface area contributed by atoms with Gasteiger partial charge in [0.1, 0.15) is 0 Å². The normalized spacial score (nSPS) is 11.4. The van der Waals surface area contributed by atoms with Gasteiger partial charge in [-0.2, -0.15) is 4.09 Å². The van der Waals surface area contributed by atoms with Crippen LogP contribution in [-0.4, -0.2) is 15.2 Å². The molecule has 252 valence electrons. The van der Waals surface area contributed by atoms with Gasteiger partial charge in [-0.3, -0.25) is 10.0 Å². The Morgan fingerprint density at radius 2 is 0.548 bits per heavy atom. The lowest BCUT2D eigenvalue weighted by atomic mass is 10.0. The molecule has 1 N–H and O–H groups in total. The van der Waals surface area contributed by atoms with E-state index in [0.29, 0.717) is 10.5 Å². The van der Waals surface area contributed by atoms with Crippen molar-refractivity contribution < 1.29 is 10.0 Å². The Hall–Kier alpha value is -0.0900. The van der Waals surface area contributed by atoms with Crippen LogP contribution < -0.4 is 0 Å². The van der Waals surface area contributed by atoms with E-state index in [2.05, 4.69) is 23.1 Å². The molecule has 0 bridgehead atoms. The molecule has 42 heavy (non-hydrogen) atoms. The molecule has 0 rings (SSSR count). The number of carbonyl (C=O) groups excluding carboxylic acids is 1. The summed E-state index contributed by atoms with van der Waals surface area (Å²) in [6, 6.07) is 0. The molecule has 0 spiro atoms. The van der Waals surface area contributed by atoms with Crippen molar-refractivity contribution in [2.24, 2.45) is 0 Å². The van der Waals surface area contributed by atoms with Crippen molar-refractivity contribution in [1.82, 2.24) is 4.09 Å². The topological polar surface area (TPSA) is 40.5 Å². The largest absolute Gasteiger partial charge is 0.275 e. The van der Waals surface area contributed by atoms with Gasteiger partial charge in [0.05, 0.1) is 16.1 Å². The highest BCUT2D eigenvalue weighted by molar-refractivity contribution is 9.07. The summed E-state index contributed by atoms with van der Waals surface area (Å²) in [7, 11) is 0. The summed E-state index contributed by atoms with van der Waals surface area (Å²) < 4.78 is 0.525. The van der Waals surface area contributed by atoms with Gasteiger partial charge in [-0.1, -0.05) is 225 Å². The Balaban J connectivity index is 3.06. The van der Waals surface area contributed by atoms with Gasteiger partial charge in [0.2, 0.25) is 0 Å². The Morgan fingerprint density at radius 1 is 0.381 bits per heavy atom. The van der Waals surface area contributed by atoms with Crippen LogP contribution in [0.5, 0.6) is 0 Å². The monoisotopic (exact) mass is 658 g/mol. The Labute approximate surface area is 273 Å². The average molecular weight is 659 g/mol. The van der Waals surface area contributed by atoms with Crippen LogP contribution in [0.2, 0.25) is 0 Å². The zero-order chi connectivity index (χ0) is 30.6. The Kier molecular flexibility index (Phi) is 37.0. The van der Waals surface area contributed by atoms with Gasteiger partial charge in [-0.05, 0) is 6.42 Å². The average Bonchev–Trinajstić information content (AvgIpc) is 2.99. The lowest BCUT2D eigenvalue weighted by Gasteiger charge is -2.05. The zero-order valence-corrected chi connectivity index (χ0v) is 30.2. The standard InChI is InChI=1S/C38H76BrNO2/c1-2-3-4-5-6-7-8-9-10-11-12-13-14-15-16-17-18-19-20-21-22-23-24-25-26-27-28-29-30-31-32-33-34-35-36-37-38(41)40(39)42/h42H,2-37H2,1H3. The fourth-order valence-corrected chi connectivity index (χ4v) is 6.45. The second-order valence-corrected chi connectivity index (χ2v) is 14.1. The van der Waals surface area contributed by atoms with Crippen molar-refractivity contribution >= 4 is 22.1 Å². The molecule has 0 heterocycles. The lowest BCUT2D eigenvalue weighted by Crippen LogP contribution is -2.15. The van der Waals surface area contributed by atoms with Gasteiger partial charge in [0, 0.05) is 6.42 Å². The molecule has 0 aromatic heterocycles. The molecule has 0 aromatic carbocycles. The van der Waals surface area contributed by atoms with Crippen LogP contribution in [0, 0.1) is 0 Å². The molecular formula is C38H76BrNO2. The maximum absolute atomic E-state index is 11.2. The highest BCUT2D eigenvalue weighted by atomic mass is 79.9. The summed E-state index contributed by atoms with van der Waals surface area (Å²) >= 11 is 2.75. The maximum atomic E-state index is 11.2. The van der Waals surface area contributed by atoms with Gasteiger partial charge >= 0.3 is 0 Å². The molecule has 0 saturated heterocycles. The Morgan fingerprint density at radius 3 is 0.714 bits per heavy atom. The van der Waals surface area contributed by atoms with Crippen molar-refractivity contribution in [1.29, 1.82) is 0 Å². The van der Waals surface area contributed by atoms with Crippen LogP contribution in [0.15, 0.2) is 0 Å². The zero-order valence-electron chi connectivity index (χ0n) is 28.6. The van der Waals surface area contributed by atoms with Gasteiger partial charge in [-0.25, -0.2) is 0 Å². The molecule has 0 unspecified atom stereocenters. The molecule has 3 nitrogen and oxygen atoms in total. The molecule has 0 fully saturated rings. The van der Waals surface area contributed by atoms with Crippen molar-refractivity contribution in [2.75, 3.05) is 0 Å². The highest BCUT2D eigenvalue weighted by Gasteiger charge is 2.06. The number of hydrogen-bond acceptors (Lipinski definition) is 2. The first-order valence-electron chi connectivity index (χ1n) is 19.4. The molecular weight excluding hydrogens is 582 g/mol. The number of nitrogens with zero attached hydrogens (tertiary/aromatic N) is 1. The van der Waals surface area contributed by atoms with Crippen LogP contribution in [0.4, 0.5) is 0 Å².